The van der Waals surface area contributed by atoms with Crippen molar-refractivity contribution in [1.29, 1.82) is 0 Å². The highest BCUT2D eigenvalue weighted by molar-refractivity contribution is 7.91. The molecule has 1 heterocycles. The molecular weight excluding hydrogens is 269 g/mol. The minimum atomic E-state index is -3.62. The van der Waals surface area contributed by atoms with Gasteiger partial charge < -0.3 is 4.90 Å². The number of carbonyl (C=O) groups excluding carboxylic acids is 1. The van der Waals surface area contributed by atoms with Crippen LogP contribution in [0.5, 0.6) is 0 Å². The molecule has 0 atom stereocenters. The molecule has 4 nitrogen and oxygen atoms in total. The largest absolute Gasteiger partial charge is 0.342 e. The van der Waals surface area contributed by atoms with Gasteiger partial charge in [-0.2, -0.15) is 0 Å². The molecule has 1 aliphatic heterocycles. The summed E-state index contributed by atoms with van der Waals surface area (Å²) in [5.74, 6) is -1.91. The van der Waals surface area contributed by atoms with Crippen molar-refractivity contribution in [1.82, 2.24) is 4.90 Å². The lowest BCUT2D eigenvalue weighted by atomic mass is 10.2. The highest BCUT2D eigenvalue weighted by Gasteiger charge is 2.24. The van der Waals surface area contributed by atoms with Gasteiger partial charge in [-0.1, -0.05) is 18.2 Å². The van der Waals surface area contributed by atoms with Crippen molar-refractivity contribution < 1.29 is 17.6 Å². The molecule has 0 saturated carbocycles. The first-order valence-electron chi connectivity index (χ1n) is 6.19. The third-order valence-corrected chi connectivity index (χ3v) is 4.57. The van der Waals surface area contributed by atoms with Gasteiger partial charge >= 0.3 is 0 Å². The zero-order valence-corrected chi connectivity index (χ0v) is 11.3. The Morgan fingerprint density at radius 3 is 2.47 bits per heavy atom. The first-order valence-corrected chi connectivity index (χ1v) is 8.02. The van der Waals surface area contributed by atoms with Crippen LogP contribution in [0.4, 0.5) is 4.39 Å². The Kier molecular flexibility index (Phi) is 4.19. The van der Waals surface area contributed by atoms with E-state index in [2.05, 4.69) is 0 Å². The summed E-state index contributed by atoms with van der Waals surface area (Å²) in [7, 11) is -3.62. The quantitative estimate of drug-likeness (QED) is 0.839. The number of hydrogen-bond acceptors (Lipinski definition) is 3. The van der Waals surface area contributed by atoms with Crippen LogP contribution in [0.25, 0.3) is 0 Å². The summed E-state index contributed by atoms with van der Waals surface area (Å²) in [4.78, 5) is 13.3. The summed E-state index contributed by atoms with van der Waals surface area (Å²) in [6.45, 7) is 1.24. The second-order valence-corrected chi connectivity index (χ2v) is 6.78. The van der Waals surface area contributed by atoms with Gasteiger partial charge in [0.1, 0.15) is 11.6 Å². The SMILES string of the molecule is O=C(CS(=O)(=O)Cc1ccccc1F)N1CCCC1. The lowest BCUT2D eigenvalue weighted by Gasteiger charge is -2.15. The van der Waals surface area contributed by atoms with Gasteiger partial charge in [0.05, 0.1) is 5.75 Å². The smallest absolute Gasteiger partial charge is 0.237 e. The summed E-state index contributed by atoms with van der Waals surface area (Å²) in [5, 5.41) is 0. The molecule has 1 amide bonds. The van der Waals surface area contributed by atoms with E-state index in [9.17, 15) is 17.6 Å². The number of nitrogens with zero attached hydrogens (tertiary/aromatic N) is 1. The summed E-state index contributed by atoms with van der Waals surface area (Å²) in [6, 6.07) is 5.72. The van der Waals surface area contributed by atoms with Crippen LogP contribution < -0.4 is 0 Å². The molecule has 19 heavy (non-hydrogen) atoms. The topological polar surface area (TPSA) is 54.5 Å². The standard InChI is InChI=1S/C13H16FNO3S/c14-12-6-2-1-5-11(12)9-19(17,18)10-13(16)15-7-3-4-8-15/h1-2,5-6H,3-4,7-10H2. The van der Waals surface area contributed by atoms with E-state index in [1.807, 2.05) is 0 Å². The fourth-order valence-electron chi connectivity index (χ4n) is 2.15. The van der Waals surface area contributed by atoms with Crippen molar-refractivity contribution in [2.75, 3.05) is 18.8 Å². The number of sulfone groups is 1. The Bertz CT molecular complexity index is 565. The second kappa shape index (κ2) is 5.69. The molecule has 0 aromatic heterocycles. The lowest BCUT2D eigenvalue weighted by Crippen LogP contribution is -2.33. The normalized spacial score (nSPS) is 15.7. The van der Waals surface area contributed by atoms with Gasteiger partial charge in [-0.05, 0) is 18.9 Å². The average molecular weight is 285 g/mol. The molecule has 0 bridgehead atoms. The van der Waals surface area contributed by atoms with Gasteiger partial charge in [0.25, 0.3) is 0 Å². The molecule has 1 aromatic carbocycles. The van der Waals surface area contributed by atoms with Crippen LogP contribution in [0.2, 0.25) is 0 Å². The van der Waals surface area contributed by atoms with Crippen LogP contribution >= 0.6 is 0 Å². The minimum absolute atomic E-state index is 0.108. The van der Waals surface area contributed by atoms with Crippen LogP contribution in [0.15, 0.2) is 24.3 Å². The summed E-state index contributed by atoms with van der Waals surface area (Å²) >= 11 is 0. The predicted molar refractivity (Wildman–Crippen MR) is 69.7 cm³/mol. The third-order valence-electron chi connectivity index (χ3n) is 3.14. The molecular formula is C13H16FNO3S. The minimum Gasteiger partial charge on any atom is -0.342 e. The summed E-state index contributed by atoms with van der Waals surface area (Å²) in [6.07, 6.45) is 1.83. The molecule has 6 heteroatoms. The number of carbonyl (C=O) groups is 1. The molecule has 2 rings (SSSR count). The Balaban J connectivity index is 2.02. The van der Waals surface area contributed by atoms with Gasteiger partial charge in [0.2, 0.25) is 5.91 Å². The van der Waals surface area contributed by atoms with Crippen molar-refractivity contribution in [3.63, 3.8) is 0 Å². The van der Waals surface area contributed by atoms with Crippen LogP contribution in [-0.2, 0) is 20.4 Å². The second-order valence-electron chi connectivity index (χ2n) is 4.71. The molecule has 0 spiro atoms. The maximum Gasteiger partial charge on any atom is 0.237 e. The van der Waals surface area contributed by atoms with E-state index in [4.69, 9.17) is 0 Å². The molecule has 0 aliphatic carbocycles. The Labute approximate surface area is 112 Å². The van der Waals surface area contributed by atoms with Gasteiger partial charge in [-0.3, -0.25) is 4.79 Å². The molecule has 0 N–H and O–H groups in total. The number of halogens is 1. The zero-order chi connectivity index (χ0) is 13.9. The first-order chi connectivity index (χ1) is 8.98. The lowest BCUT2D eigenvalue weighted by molar-refractivity contribution is -0.127. The molecule has 1 aromatic rings. The Hall–Kier alpha value is -1.43. The van der Waals surface area contributed by atoms with Gasteiger partial charge in [-0.25, -0.2) is 12.8 Å². The van der Waals surface area contributed by atoms with E-state index in [1.54, 1.807) is 11.0 Å². The number of benzene rings is 1. The van der Waals surface area contributed by atoms with Crippen LogP contribution in [0, 0.1) is 5.82 Å². The van der Waals surface area contributed by atoms with Crippen molar-refractivity contribution in [3.8, 4) is 0 Å². The number of rotatable bonds is 4. The number of amides is 1. The van der Waals surface area contributed by atoms with Crippen LogP contribution in [0.3, 0.4) is 0 Å². The molecule has 0 radical (unpaired) electrons. The van der Waals surface area contributed by atoms with Crippen LogP contribution in [-0.4, -0.2) is 38.1 Å². The van der Waals surface area contributed by atoms with Crippen molar-refractivity contribution >= 4 is 15.7 Å². The van der Waals surface area contributed by atoms with E-state index in [1.165, 1.54) is 18.2 Å². The highest BCUT2D eigenvalue weighted by atomic mass is 32.2. The Morgan fingerprint density at radius 1 is 1.21 bits per heavy atom. The van der Waals surface area contributed by atoms with Crippen LogP contribution in [0.1, 0.15) is 18.4 Å². The fourth-order valence-corrected chi connectivity index (χ4v) is 3.52. The Morgan fingerprint density at radius 2 is 1.84 bits per heavy atom. The van der Waals surface area contributed by atoms with E-state index >= 15 is 0 Å². The molecule has 1 saturated heterocycles. The van der Waals surface area contributed by atoms with E-state index in [-0.39, 0.29) is 11.5 Å². The maximum absolute atomic E-state index is 13.4. The van der Waals surface area contributed by atoms with Crippen molar-refractivity contribution in [2.24, 2.45) is 0 Å². The maximum atomic E-state index is 13.4. The molecule has 0 unspecified atom stereocenters. The zero-order valence-electron chi connectivity index (χ0n) is 10.5. The highest BCUT2D eigenvalue weighted by Crippen LogP contribution is 2.13. The fraction of sp³-hybridized carbons (Fsp3) is 0.462. The van der Waals surface area contributed by atoms with Gasteiger partial charge in [0, 0.05) is 18.7 Å². The van der Waals surface area contributed by atoms with E-state index in [0.717, 1.165) is 12.8 Å². The van der Waals surface area contributed by atoms with E-state index in [0.29, 0.717) is 13.1 Å². The molecule has 1 aliphatic rings. The monoisotopic (exact) mass is 285 g/mol. The van der Waals surface area contributed by atoms with E-state index < -0.39 is 27.2 Å². The van der Waals surface area contributed by atoms with Crippen molar-refractivity contribution in [2.45, 2.75) is 18.6 Å². The molecule has 104 valence electrons. The van der Waals surface area contributed by atoms with Crippen molar-refractivity contribution in [3.05, 3.63) is 35.6 Å². The van der Waals surface area contributed by atoms with Gasteiger partial charge in [-0.15, -0.1) is 0 Å². The third kappa shape index (κ3) is 3.76. The summed E-state index contributed by atoms with van der Waals surface area (Å²) < 4.78 is 37.2. The summed E-state index contributed by atoms with van der Waals surface area (Å²) in [5.41, 5.74) is 0.108. The predicted octanol–water partition coefficient (Wildman–Crippen LogP) is 1.36. The average Bonchev–Trinajstić information content (AvgIpc) is 2.85. The molecule has 1 fully saturated rings. The van der Waals surface area contributed by atoms with Gasteiger partial charge in [0.15, 0.2) is 9.84 Å². The first kappa shape index (κ1) is 14.0. The number of likely N-dealkylation sites (tertiary alicyclic amines) is 1. The number of hydrogen-bond donors (Lipinski definition) is 0.